The Kier molecular flexibility index (Phi) is 5.55. The highest BCUT2D eigenvalue weighted by Gasteiger charge is 2.15. The van der Waals surface area contributed by atoms with Crippen LogP contribution in [0.5, 0.6) is 11.5 Å². The largest absolute Gasteiger partial charge is 0.497 e. The zero-order valence-electron chi connectivity index (χ0n) is 12.6. The number of ketones is 1. The summed E-state index contributed by atoms with van der Waals surface area (Å²) >= 11 is 0. The molecule has 0 radical (unpaired) electrons. The van der Waals surface area contributed by atoms with E-state index < -0.39 is 0 Å². The van der Waals surface area contributed by atoms with Crippen molar-refractivity contribution in [1.29, 1.82) is 0 Å². The van der Waals surface area contributed by atoms with Gasteiger partial charge in [-0.1, -0.05) is 0 Å². The Hall–Kier alpha value is -2.04. The molecular weight excluding hydrogens is 258 g/mol. The molecule has 0 fully saturated rings. The summed E-state index contributed by atoms with van der Waals surface area (Å²) in [7, 11) is 3.25. The van der Waals surface area contributed by atoms with E-state index in [-0.39, 0.29) is 24.3 Å². The van der Waals surface area contributed by atoms with Crippen molar-refractivity contribution in [3.05, 3.63) is 23.8 Å². The summed E-state index contributed by atoms with van der Waals surface area (Å²) in [6.45, 7) is 5.19. The summed E-state index contributed by atoms with van der Waals surface area (Å²) in [4.78, 5) is 25.0. The van der Waals surface area contributed by atoms with Crippen LogP contribution in [0.15, 0.2) is 18.2 Å². The highest BCUT2D eigenvalue weighted by atomic mass is 16.5. The number of nitrogens with zero attached hydrogens (tertiary/aromatic N) is 1. The van der Waals surface area contributed by atoms with Gasteiger partial charge in [-0.25, -0.2) is 0 Å². The lowest BCUT2D eigenvalue weighted by molar-refractivity contribution is -0.133. The van der Waals surface area contributed by atoms with Crippen molar-refractivity contribution >= 4 is 11.7 Å². The summed E-state index contributed by atoms with van der Waals surface area (Å²) in [5.41, 5.74) is 0.436. The quantitative estimate of drug-likeness (QED) is 0.749. The third kappa shape index (κ3) is 3.98. The topological polar surface area (TPSA) is 55.8 Å². The van der Waals surface area contributed by atoms with Crippen LogP contribution in [0.25, 0.3) is 0 Å². The lowest BCUT2D eigenvalue weighted by Gasteiger charge is -2.21. The number of ether oxygens (including phenoxy) is 2. The van der Waals surface area contributed by atoms with Crippen molar-refractivity contribution in [3.8, 4) is 11.5 Å². The second-order valence-corrected chi connectivity index (χ2v) is 4.81. The second-order valence-electron chi connectivity index (χ2n) is 4.81. The van der Waals surface area contributed by atoms with E-state index in [0.717, 1.165) is 0 Å². The molecule has 1 aromatic rings. The van der Waals surface area contributed by atoms with Crippen molar-refractivity contribution in [1.82, 2.24) is 4.90 Å². The van der Waals surface area contributed by atoms with Gasteiger partial charge in [-0.2, -0.15) is 0 Å². The van der Waals surface area contributed by atoms with Crippen LogP contribution in [0.4, 0.5) is 0 Å². The molecule has 0 spiro atoms. The lowest BCUT2D eigenvalue weighted by atomic mass is 10.1. The molecule has 1 amide bonds. The van der Waals surface area contributed by atoms with Gasteiger partial charge in [-0.3, -0.25) is 9.59 Å². The smallest absolute Gasteiger partial charge is 0.260 e. The van der Waals surface area contributed by atoms with E-state index in [1.54, 1.807) is 30.1 Å². The summed E-state index contributed by atoms with van der Waals surface area (Å²) in [6, 6.07) is 5.03. The molecule has 0 aliphatic rings. The normalized spacial score (nSPS) is 10.3. The van der Waals surface area contributed by atoms with Gasteiger partial charge in [-0.05, 0) is 32.9 Å². The van der Waals surface area contributed by atoms with E-state index >= 15 is 0 Å². The van der Waals surface area contributed by atoms with E-state index in [4.69, 9.17) is 9.47 Å². The highest BCUT2D eigenvalue weighted by Crippen LogP contribution is 2.25. The summed E-state index contributed by atoms with van der Waals surface area (Å²) in [5, 5.41) is 0. The zero-order valence-corrected chi connectivity index (χ0v) is 12.6. The minimum atomic E-state index is -0.141. The first-order valence-electron chi connectivity index (χ1n) is 6.44. The first-order chi connectivity index (χ1) is 9.36. The van der Waals surface area contributed by atoms with Gasteiger partial charge in [0.25, 0.3) is 5.91 Å². The van der Waals surface area contributed by atoms with Gasteiger partial charge >= 0.3 is 0 Å². The molecule has 1 rings (SSSR count). The molecule has 0 heterocycles. The Bertz CT molecular complexity index is 497. The van der Waals surface area contributed by atoms with Crippen molar-refractivity contribution in [2.75, 3.05) is 20.8 Å². The number of benzene rings is 1. The van der Waals surface area contributed by atoms with Crippen molar-refractivity contribution in [3.63, 3.8) is 0 Å². The highest BCUT2D eigenvalue weighted by molar-refractivity contribution is 5.97. The Morgan fingerprint density at radius 1 is 1.30 bits per heavy atom. The molecule has 1 aromatic carbocycles. The van der Waals surface area contributed by atoms with E-state index in [9.17, 15) is 9.59 Å². The van der Waals surface area contributed by atoms with Gasteiger partial charge in [0.15, 0.2) is 12.4 Å². The molecular formula is C15H21NO4. The number of Topliss-reactive ketones (excluding diaryl/α,β-unsaturated/α-hetero) is 1. The first-order valence-corrected chi connectivity index (χ1v) is 6.44. The maximum absolute atomic E-state index is 11.9. The maximum atomic E-state index is 11.9. The first kappa shape index (κ1) is 16.0. The summed E-state index contributed by atoms with van der Waals surface area (Å²) in [5.74, 6) is 0.682. The third-order valence-electron chi connectivity index (χ3n) is 3.09. The molecule has 5 nitrogen and oxygen atoms in total. The van der Waals surface area contributed by atoms with Crippen LogP contribution in [-0.2, 0) is 4.79 Å². The molecule has 0 aliphatic heterocycles. The molecule has 0 aliphatic carbocycles. The molecule has 110 valence electrons. The predicted molar refractivity (Wildman–Crippen MR) is 76.4 cm³/mol. The standard InChI is InChI=1S/C15H21NO4/c1-10(2)16(4)15(18)9-20-14-8-12(19-5)6-7-13(14)11(3)17/h6-8,10H,9H2,1-5H3. The zero-order chi connectivity index (χ0) is 15.3. The lowest BCUT2D eigenvalue weighted by Crippen LogP contribution is -2.36. The number of methoxy groups -OCH3 is 1. The fourth-order valence-corrected chi connectivity index (χ4v) is 1.57. The Morgan fingerprint density at radius 3 is 2.45 bits per heavy atom. The van der Waals surface area contributed by atoms with E-state index in [0.29, 0.717) is 17.1 Å². The number of hydrogen-bond acceptors (Lipinski definition) is 4. The van der Waals surface area contributed by atoms with Crippen LogP contribution < -0.4 is 9.47 Å². The van der Waals surface area contributed by atoms with E-state index in [1.165, 1.54) is 14.0 Å². The van der Waals surface area contributed by atoms with E-state index in [2.05, 4.69) is 0 Å². The van der Waals surface area contributed by atoms with Gasteiger partial charge in [0, 0.05) is 19.2 Å². The van der Waals surface area contributed by atoms with Crippen molar-refractivity contribution < 1.29 is 19.1 Å². The Balaban J connectivity index is 2.85. The number of carbonyl (C=O) groups is 2. The minimum Gasteiger partial charge on any atom is -0.497 e. The molecule has 0 bridgehead atoms. The number of carbonyl (C=O) groups excluding carboxylic acids is 2. The summed E-state index contributed by atoms with van der Waals surface area (Å²) < 4.78 is 10.6. The van der Waals surface area contributed by atoms with Crippen LogP contribution in [-0.4, -0.2) is 43.4 Å². The number of hydrogen-bond donors (Lipinski definition) is 0. The molecule has 5 heteroatoms. The molecule has 0 N–H and O–H groups in total. The minimum absolute atomic E-state index is 0.101. The molecule has 0 saturated carbocycles. The number of rotatable bonds is 6. The Labute approximate surface area is 119 Å². The van der Waals surface area contributed by atoms with Crippen LogP contribution in [0.2, 0.25) is 0 Å². The van der Waals surface area contributed by atoms with Crippen LogP contribution >= 0.6 is 0 Å². The van der Waals surface area contributed by atoms with Gasteiger partial charge in [-0.15, -0.1) is 0 Å². The average Bonchev–Trinajstić information content (AvgIpc) is 2.42. The Morgan fingerprint density at radius 2 is 1.95 bits per heavy atom. The maximum Gasteiger partial charge on any atom is 0.260 e. The third-order valence-corrected chi connectivity index (χ3v) is 3.09. The van der Waals surface area contributed by atoms with Crippen molar-refractivity contribution in [2.45, 2.75) is 26.8 Å². The molecule has 0 saturated heterocycles. The molecule has 0 unspecified atom stereocenters. The monoisotopic (exact) mass is 279 g/mol. The number of likely N-dealkylation sites (N-methyl/N-ethyl adjacent to an activating group) is 1. The fourth-order valence-electron chi connectivity index (χ4n) is 1.57. The molecule has 20 heavy (non-hydrogen) atoms. The SMILES string of the molecule is COc1ccc(C(C)=O)c(OCC(=O)N(C)C(C)C)c1. The van der Waals surface area contributed by atoms with Crippen LogP contribution in [0.3, 0.4) is 0 Å². The average molecular weight is 279 g/mol. The van der Waals surface area contributed by atoms with Gasteiger partial charge in [0.2, 0.25) is 0 Å². The van der Waals surface area contributed by atoms with Gasteiger partial charge in [0.1, 0.15) is 11.5 Å². The molecule has 0 aromatic heterocycles. The van der Waals surface area contributed by atoms with Gasteiger partial charge in [0.05, 0.1) is 12.7 Å². The van der Waals surface area contributed by atoms with Crippen LogP contribution in [0, 0.1) is 0 Å². The van der Waals surface area contributed by atoms with Gasteiger partial charge < -0.3 is 14.4 Å². The fraction of sp³-hybridized carbons (Fsp3) is 0.467. The number of amides is 1. The van der Waals surface area contributed by atoms with Crippen LogP contribution in [0.1, 0.15) is 31.1 Å². The predicted octanol–water partition coefficient (Wildman–Crippen LogP) is 2.14. The second kappa shape index (κ2) is 6.93. The summed E-state index contributed by atoms with van der Waals surface area (Å²) in [6.07, 6.45) is 0. The van der Waals surface area contributed by atoms with Crippen molar-refractivity contribution in [2.24, 2.45) is 0 Å². The molecule has 0 atom stereocenters. The van der Waals surface area contributed by atoms with E-state index in [1.807, 2.05) is 13.8 Å².